The van der Waals surface area contributed by atoms with Crippen LogP contribution in [0.2, 0.25) is 0 Å². The first-order valence-corrected chi connectivity index (χ1v) is 10.1. The van der Waals surface area contributed by atoms with Crippen LogP contribution < -0.4 is 0 Å². The van der Waals surface area contributed by atoms with E-state index in [1.165, 1.54) is 11.1 Å². The second kappa shape index (κ2) is 7.34. The maximum Gasteiger partial charge on any atom is -1.00 e. The minimum Gasteiger partial charge on any atom is -1.00 e. The van der Waals surface area contributed by atoms with Crippen LogP contribution in [-0.4, -0.2) is 0 Å². The Labute approximate surface area is 156 Å². The monoisotopic (exact) mass is 346 g/mol. The molecule has 24 heavy (non-hydrogen) atoms. The standard InChI is InChI=1S/C18H15.C5H5.Ti.2H/c1-3-9-15(10-4-1)18(17-13-7-8-14-17)16-11-5-2-6-12-16;1-2-4-5-3-1;;;/h1-7,9-13,18H,8H2;1-3H,4H2;;;/q;;+2;2*-1. The smallest absolute Gasteiger partial charge is 1.00 e. The van der Waals surface area contributed by atoms with Gasteiger partial charge in [0.05, 0.1) is 0 Å². The molecule has 0 atom stereocenters. The SMILES string of the molecule is C1=CC[C]([Ti+2][C]2=C(C(c3ccccc3)c3ccccc3)C=CC2)=C1.[H-].[H-]. The van der Waals surface area contributed by atoms with Crippen LogP contribution in [-0.2, 0) is 19.2 Å². The summed E-state index contributed by atoms with van der Waals surface area (Å²) in [5.41, 5.74) is 4.33. The fraction of sp³-hybridized carbons (Fsp3) is 0.130. The number of benzene rings is 2. The first kappa shape index (κ1) is 15.6. The van der Waals surface area contributed by atoms with Crippen LogP contribution in [0.4, 0.5) is 0 Å². The van der Waals surface area contributed by atoms with Gasteiger partial charge in [0.1, 0.15) is 0 Å². The van der Waals surface area contributed by atoms with Crippen LogP contribution in [0.5, 0.6) is 0 Å². The van der Waals surface area contributed by atoms with Crippen molar-refractivity contribution >= 4 is 0 Å². The first-order valence-electron chi connectivity index (χ1n) is 8.54. The van der Waals surface area contributed by atoms with Gasteiger partial charge >= 0.3 is 153 Å². The van der Waals surface area contributed by atoms with E-state index in [4.69, 9.17) is 0 Å². The maximum absolute atomic E-state index is 2.38. The molecule has 2 aromatic rings. The third-order valence-electron chi connectivity index (χ3n) is 4.63. The van der Waals surface area contributed by atoms with E-state index in [1.807, 2.05) is 0 Å². The molecule has 0 aliphatic heterocycles. The quantitative estimate of drug-likeness (QED) is 0.567. The van der Waals surface area contributed by atoms with Gasteiger partial charge in [0.25, 0.3) is 0 Å². The predicted molar refractivity (Wildman–Crippen MR) is 99.6 cm³/mol. The van der Waals surface area contributed by atoms with Crippen molar-refractivity contribution in [1.82, 2.24) is 0 Å². The molecule has 0 unspecified atom stereocenters. The van der Waals surface area contributed by atoms with E-state index in [9.17, 15) is 0 Å². The topological polar surface area (TPSA) is 0 Å². The Morgan fingerprint density at radius 3 is 2.04 bits per heavy atom. The molecule has 118 valence electrons. The zero-order chi connectivity index (χ0) is 16.2. The zero-order valence-corrected chi connectivity index (χ0v) is 15.2. The van der Waals surface area contributed by atoms with Gasteiger partial charge in [-0.1, -0.05) is 0 Å². The van der Waals surface area contributed by atoms with E-state index >= 15 is 0 Å². The molecule has 0 nitrogen and oxygen atoms in total. The molecule has 0 saturated carbocycles. The molecule has 1 heteroatoms. The summed E-state index contributed by atoms with van der Waals surface area (Å²) in [4.78, 5) is 0. The van der Waals surface area contributed by atoms with Crippen molar-refractivity contribution in [3.63, 3.8) is 0 Å². The summed E-state index contributed by atoms with van der Waals surface area (Å²) in [7, 11) is 0. The molecule has 0 radical (unpaired) electrons. The molecular formula is C23H22Ti. The molecule has 0 saturated heterocycles. The van der Waals surface area contributed by atoms with Gasteiger partial charge in [-0.2, -0.15) is 0 Å². The molecule has 2 aliphatic rings. The second-order valence-electron chi connectivity index (χ2n) is 6.24. The predicted octanol–water partition coefficient (Wildman–Crippen LogP) is 6.18. The summed E-state index contributed by atoms with van der Waals surface area (Å²) < 4.78 is 3.36. The van der Waals surface area contributed by atoms with Gasteiger partial charge in [0, 0.05) is 0 Å². The third-order valence-corrected chi connectivity index (χ3v) is 6.95. The van der Waals surface area contributed by atoms with E-state index < -0.39 is 0 Å². The van der Waals surface area contributed by atoms with Crippen LogP contribution in [0.15, 0.2) is 104 Å². The van der Waals surface area contributed by atoms with Gasteiger partial charge in [-0.25, -0.2) is 0 Å². The summed E-state index contributed by atoms with van der Waals surface area (Å²) in [6.07, 6.45) is 13.9. The summed E-state index contributed by atoms with van der Waals surface area (Å²) in [5.74, 6) is 0.361. The zero-order valence-electron chi connectivity index (χ0n) is 15.7. The maximum atomic E-state index is 2.38. The van der Waals surface area contributed by atoms with Crippen molar-refractivity contribution in [2.75, 3.05) is 0 Å². The fourth-order valence-corrected chi connectivity index (χ4v) is 5.65. The molecule has 2 aliphatic carbocycles. The molecule has 0 heterocycles. The second-order valence-corrected chi connectivity index (χ2v) is 8.58. The molecule has 0 bridgehead atoms. The molecule has 0 amide bonds. The third kappa shape index (κ3) is 3.31. The molecule has 0 aromatic heterocycles. The van der Waals surface area contributed by atoms with E-state index in [-0.39, 0.29) is 22.0 Å². The summed E-state index contributed by atoms with van der Waals surface area (Å²) >= 11 is -0.178. The van der Waals surface area contributed by atoms with Crippen molar-refractivity contribution in [1.29, 1.82) is 0 Å². The van der Waals surface area contributed by atoms with Crippen molar-refractivity contribution in [2.45, 2.75) is 18.8 Å². The van der Waals surface area contributed by atoms with Crippen LogP contribution in [0.25, 0.3) is 0 Å². The summed E-state index contributed by atoms with van der Waals surface area (Å²) in [5, 5.41) is 0. The van der Waals surface area contributed by atoms with E-state index in [0.29, 0.717) is 5.92 Å². The molecule has 0 N–H and O–H groups in total. The average Bonchev–Trinajstić information content (AvgIpc) is 3.30. The van der Waals surface area contributed by atoms with Gasteiger partial charge < -0.3 is 2.85 Å². The number of hydrogen-bond acceptors (Lipinski definition) is 0. The Bertz CT molecular complexity index is 794. The molecular weight excluding hydrogens is 324 g/mol. The van der Waals surface area contributed by atoms with Crippen LogP contribution in [0, 0.1) is 0 Å². The fourth-order valence-electron chi connectivity index (χ4n) is 3.49. The Kier molecular flexibility index (Phi) is 4.78. The van der Waals surface area contributed by atoms with Gasteiger partial charge in [-0.15, -0.1) is 0 Å². The summed E-state index contributed by atoms with van der Waals surface area (Å²) in [6.45, 7) is 0. The van der Waals surface area contributed by atoms with E-state index in [2.05, 4.69) is 91.0 Å². The van der Waals surface area contributed by atoms with Crippen molar-refractivity contribution in [2.24, 2.45) is 0 Å². The number of allylic oxidation sites excluding steroid dienone is 8. The van der Waals surface area contributed by atoms with E-state index in [1.54, 1.807) is 13.3 Å². The number of rotatable bonds is 5. The first-order chi connectivity index (χ1) is 11.9. The van der Waals surface area contributed by atoms with Crippen LogP contribution >= 0.6 is 0 Å². The Morgan fingerprint density at radius 1 is 0.792 bits per heavy atom. The van der Waals surface area contributed by atoms with Crippen molar-refractivity contribution in [3.05, 3.63) is 115 Å². The molecule has 2 aromatic carbocycles. The Hall–Kier alpha value is -1.89. The van der Waals surface area contributed by atoms with Gasteiger partial charge in [-0.3, -0.25) is 0 Å². The van der Waals surface area contributed by atoms with Crippen LogP contribution in [0.3, 0.4) is 0 Å². The largest absolute Gasteiger partial charge is 1.00 e. The Morgan fingerprint density at radius 2 is 1.46 bits per heavy atom. The number of hydrogen-bond donors (Lipinski definition) is 0. The summed E-state index contributed by atoms with van der Waals surface area (Å²) in [6, 6.07) is 21.9. The average molecular weight is 346 g/mol. The molecule has 0 spiro atoms. The molecule has 0 fully saturated rings. The van der Waals surface area contributed by atoms with Gasteiger partial charge in [0.2, 0.25) is 0 Å². The Balaban J connectivity index is 0.00000121. The minimum absolute atomic E-state index is 0. The van der Waals surface area contributed by atoms with Crippen molar-refractivity contribution < 1.29 is 22.0 Å². The van der Waals surface area contributed by atoms with Gasteiger partial charge in [0.15, 0.2) is 0 Å². The van der Waals surface area contributed by atoms with Crippen LogP contribution in [0.1, 0.15) is 32.7 Å². The molecule has 4 rings (SSSR count). The normalized spacial score (nSPS) is 16.0. The van der Waals surface area contributed by atoms with Crippen molar-refractivity contribution in [3.8, 4) is 0 Å². The minimum atomic E-state index is -0.178. The van der Waals surface area contributed by atoms with Gasteiger partial charge in [-0.05, 0) is 0 Å². The van der Waals surface area contributed by atoms with E-state index in [0.717, 1.165) is 12.8 Å².